The summed E-state index contributed by atoms with van der Waals surface area (Å²) < 4.78 is 6.84. The molecule has 0 aromatic heterocycles. The van der Waals surface area contributed by atoms with Crippen LogP contribution in [0.25, 0.3) is 0 Å². The minimum absolute atomic E-state index is 0.472. The predicted octanol–water partition coefficient (Wildman–Crippen LogP) is 4.48. The largest absolute Gasteiger partial charge is 0.488 e. The smallest absolute Gasteiger partial charge is 0.134 e. The lowest BCUT2D eigenvalue weighted by Gasteiger charge is -2.13. The van der Waals surface area contributed by atoms with Crippen LogP contribution >= 0.6 is 15.9 Å². The normalized spacial score (nSPS) is 12.2. The predicted molar refractivity (Wildman–Crippen MR) is 87.0 cm³/mol. The molecule has 1 atom stereocenters. The molecule has 0 bridgehead atoms. The molecule has 0 aliphatic heterocycles. The molecule has 0 heterocycles. The Morgan fingerprint density at radius 2 is 1.90 bits per heavy atom. The zero-order valence-electron chi connectivity index (χ0n) is 11.7. The summed E-state index contributed by atoms with van der Waals surface area (Å²) in [4.78, 5) is 0. The number of ether oxygens (including phenoxy) is 1. The highest BCUT2D eigenvalue weighted by atomic mass is 79.9. The summed E-state index contributed by atoms with van der Waals surface area (Å²) in [5, 5.41) is 0. The van der Waals surface area contributed by atoms with Crippen molar-refractivity contribution in [1.29, 1.82) is 0 Å². The average Bonchev–Trinajstić information content (AvgIpc) is 2.47. The Balaban J connectivity index is 2.02. The molecule has 3 heteroatoms. The van der Waals surface area contributed by atoms with Gasteiger partial charge in [0, 0.05) is 0 Å². The van der Waals surface area contributed by atoms with Gasteiger partial charge < -0.3 is 10.5 Å². The van der Waals surface area contributed by atoms with Gasteiger partial charge in [0.05, 0.1) is 4.47 Å². The van der Waals surface area contributed by atoms with E-state index in [4.69, 9.17) is 10.5 Å². The van der Waals surface area contributed by atoms with Gasteiger partial charge in [-0.25, -0.2) is 0 Å². The number of hydrogen-bond donors (Lipinski definition) is 1. The van der Waals surface area contributed by atoms with E-state index in [1.54, 1.807) is 0 Å². The molecule has 2 N–H and O–H groups in total. The van der Waals surface area contributed by atoms with Gasteiger partial charge in [-0.15, -0.1) is 0 Å². The van der Waals surface area contributed by atoms with Crippen molar-refractivity contribution >= 4 is 15.9 Å². The van der Waals surface area contributed by atoms with Crippen molar-refractivity contribution in [3.05, 3.63) is 64.1 Å². The van der Waals surface area contributed by atoms with Gasteiger partial charge in [0.15, 0.2) is 0 Å². The van der Waals surface area contributed by atoms with Gasteiger partial charge in [-0.05, 0) is 58.1 Å². The molecule has 2 aromatic carbocycles. The third-order valence-electron chi connectivity index (χ3n) is 3.36. The summed E-state index contributed by atoms with van der Waals surface area (Å²) in [7, 11) is 0. The van der Waals surface area contributed by atoms with Crippen LogP contribution in [-0.4, -0.2) is 6.54 Å². The number of hydrogen-bond acceptors (Lipinski definition) is 2. The van der Waals surface area contributed by atoms with Crippen LogP contribution in [0.2, 0.25) is 0 Å². The highest BCUT2D eigenvalue weighted by molar-refractivity contribution is 9.10. The number of nitrogens with two attached hydrogens (primary N) is 1. The second-order valence-electron chi connectivity index (χ2n) is 4.94. The molecule has 106 valence electrons. The van der Waals surface area contributed by atoms with Crippen molar-refractivity contribution in [2.75, 3.05) is 6.54 Å². The lowest BCUT2D eigenvalue weighted by molar-refractivity contribution is 0.304. The maximum atomic E-state index is 5.85. The third-order valence-corrected chi connectivity index (χ3v) is 3.98. The fourth-order valence-corrected chi connectivity index (χ4v) is 2.60. The molecule has 2 nitrogen and oxygen atoms in total. The molecular formula is C17H20BrNO. The topological polar surface area (TPSA) is 35.2 Å². The lowest BCUT2D eigenvalue weighted by atomic mass is 9.98. The Morgan fingerprint density at radius 3 is 2.55 bits per heavy atom. The Labute approximate surface area is 129 Å². The summed E-state index contributed by atoms with van der Waals surface area (Å²) in [6.45, 7) is 3.49. The molecule has 0 aliphatic carbocycles. The summed E-state index contributed by atoms with van der Waals surface area (Å²) >= 11 is 3.58. The summed E-state index contributed by atoms with van der Waals surface area (Å²) in [5.41, 5.74) is 8.06. The molecule has 0 spiro atoms. The van der Waals surface area contributed by atoms with E-state index in [1.165, 1.54) is 11.1 Å². The van der Waals surface area contributed by atoms with Crippen molar-refractivity contribution in [3.63, 3.8) is 0 Å². The Hall–Kier alpha value is -1.32. The Kier molecular flexibility index (Phi) is 5.62. The van der Waals surface area contributed by atoms with Crippen LogP contribution in [0.5, 0.6) is 5.75 Å². The van der Waals surface area contributed by atoms with Gasteiger partial charge in [-0.3, -0.25) is 0 Å². The second kappa shape index (κ2) is 7.46. The van der Waals surface area contributed by atoms with E-state index in [1.807, 2.05) is 24.3 Å². The van der Waals surface area contributed by atoms with Gasteiger partial charge in [-0.2, -0.15) is 0 Å². The molecule has 0 saturated heterocycles. The lowest BCUT2D eigenvalue weighted by Crippen LogP contribution is -2.04. The first-order valence-corrected chi connectivity index (χ1v) is 7.66. The molecule has 2 rings (SSSR count). The minimum Gasteiger partial charge on any atom is -0.488 e. The number of halogens is 1. The molecule has 0 radical (unpaired) electrons. The molecule has 0 amide bonds. The molecular weight excluding hydrogens is 314 g/mol. The first-order chi connectivity index (χ1) is 9.70. The monoisotopic (exact) mass is 333 g/mol. The van der Waals surface area contributed by atoms with Gasteiger partial charge in [0.2, 0.25) is 0 Å². The van der Waals surface area contributed by atoms with Gasteiger partial charge in [0.1, 0.15) is 12.4 Å². The molecule has 0 aliphatic rings. The van der Waals surface area contributed by atoms with Crippen molar-refractivity contribution in [3.8, 4) is 5.75 Å². The summed E-state index contributed by atoms with van der Waals surface area (Å²) in [6, 6.07) is 16.4. The van der Waals surface area contributed by atoms with Gasteiger partial charge in [-0.1, -0.05) is 43.3 Å². The second-order valence-corrected chi connectivity index (χ2v) is 5.80. The van der Waals surface area contributed by atoms with E-state index in [2.05, 4.69) is 47.1 Å². The van der Waals surface area contributed by atoms with Crippen molar-refractivity contribution in [2.45, 2.75) is 25.9 Å². The zero-order valence-corrected chi connectivity index (χ0v) is 13.3. The van der Waals surface area contributed by atoms with Crippen LogP contribution in [0.1, 0.15) is 30.4 Å². The Morgan fingerprint density at radius 1 is 1.15 bits per heavy atom. The average molecular weight is 334 g/mol. The maximum Gasteiger partial charge on any atom is 0.134 e. The summed E-state index contributed by atoms with van der Waals surface area (Å²) in [6.07, 6.45) is 0.997. The number of benzene rings is 2. The van der Waals surface area contributed by atoms with E-state index >= 15 is 0 Å². The van der Waals surface area contributed by atoms with Crippen molar-refractivity contribution in [1.82, 2.24) is 0 Å². The molecule has 20 heavy (non-hydrogen) atoms. The highest BCUT2D eigenvalue weighted by Gasteiger charge is 2.08. The van der Waals surface area contributed by atoms with Crippen LogP contribution < -0.4 is 10.5 Å². The maximum absolute atomic E-state index is 5.85. The van der Waals surface area contributed by atoms with Crippen LogP contribution in [0.4, 0.5) is 0 Å². The van der Waals surface area contributed by atoms with Gasteiger partial charge in [0.25, 0.3) is 0 Å². The zero-order chi connectivity index (χ0) is 14.4. The first kappa shape index (κ1) is 15.1. The van der Waals surface area contributed by atoms with Crippen LogP contribution in [0, 0.1) is 0 Å². The standard InChI is InChI=1S/C17H20BrNO/c1-13(9-10-19)15-7-8-17(16(18)11-15)20-12-14-5-3-2-4-6-14/h2-8,11,13H,9-10,12,19H2,1H3. The third kappa shape index (κ3) is 4.09. The van der Waals surface area contributed by atoms with E-state index in [0.29, 0.717) is 19.1 Å². The molecule has 0 saturated carbocycles. The van der Waals surface area contributed by atoms with E-state index in [0.717, 1.165) is 16.6 Å². The SMILES string of the molecule is CC(CCN)c1ccc(OCc2ccccc2)c(Br)c1. The minimum atomic E-state index is 0.472. The summed E-state index contributed by atoms with van der Waals surface area (Å²) in [5.74, 6) is 1.34. The highest BCUT2D eigenvalue weighted by Crippen LogP contribution is 2.30. The molecule has 0 fully saturated rings. The first-order valence-electron chi connectivity index (χ1n) is 6.87. The van der Waals surface area contributed by atoms with E-state index < -0.39 is 0 Å². The van der Waals surface area contributed by atoms with Gasteiger partial charge >= 0.3 is 0 Å². The quantitative estimate of drug-likeness (QED) is 0.845. The molecule has 1 unspecified atom stereocenters. The van der Waals surface area contributed by atoms with Crippen molar-refractivity contribution < 1.29 is 4.74 Å². The van der Waals surface area contributed by atoms with Crippen LogP contribution in [-0.2, 0) is 6.61 Å². The van der Waals surface area contributed by atoms with E-state index in [-0.39, 0.29) is 0 Å². The van der Waals surface area contributed by atoms with Crippen LogP contribution in [0.3, 0.4) is 0 Å². The fraction of sp³-hybridized carbons (Fsp3) is 0.294. The molecule has 2 aromatic rings. The Bertz CT molecular complexity index is 542. The van der Waals surface area contributed by atoms with Crippen LogP contribution in [0.15, 0.2) is 53.0 Å². The van der Waals surface area contributed by atoms with E-state index in [9.17, 15) is 0 Å². The fourth-order valence-electron chi connectivity index (χ4n) is 2.09. The number of rotatable bonds is 6. The van der Waals surface area contributed by atoms with Crippen molar-refractivity contribution in [2.24, 2.45) is 5.73 Å².